The number of hydrogen-bond acceptors (Lipinski definition) is 8. The van der Waals surface area contributed by atoms with Gasteiger partial charge in [-0.05, 0) is 47.7 Å². The average Bonchev–Trinajstić information content (AvgIpc) is 1.91. The van der Waals surface area contributed by atoms with E-state index in [1.807, 2.05) is 0 Å². The molecule has 0 heterocycles. The van der Waals surface area contributed by atoms with Gasteiger partial charge in [-0.15, -0.1) is 0 Å². The van der Waals surface area contributed by atoms with Crippen LogP contribution in [0.2, 0.25) is 0 Å². The van der Waals surface area contributed by atoms with Crippen LogP contribution in [0.4, 0.5) is 14.4 Å². The van der Waals surface area contributed by atoms with Gasteiger partial charge in [0.15, 0.2) is 0 Å². The number of hydrogen-bond donors (Lipinski definition) is 0. The van der Waals surface area contributed by atoms with Crippen LogP contribution in [0.5, 0.6) is 0 Å². The van der Waals surface area contributed by atoms with E-state index in [9.17, 15) is 9.59 Å². The molecule has 0 atom stereocenters. The Morgan fingerprint density at radius 3 is 1.05 bits per heavy atom. The zero-order chi connectivity index (χ0) is 15.9. The Balaban J connectivity index is -0.000000213. The Labute approximate surface area is 168 Å². The topological polar surface area (TPSA) is 125 Å². The fourth-order valence-corrected chi connectivity index (χ4v) is 0.610. The van der Waals surface area contributed by atoms with Crippen molar-refractivity contribution in [1.82, 2.24) is 0 Å². The van der Waals surface area contributed by atoms with Gasteiger partial charge in [0.1, 0.15) is 11.2 Å². The van der Waals surface area contributed by atoms with Crippen molar-refractivity contribution in [2.75, 3.05) is 0 Å². The Bertz CT molecular complexity index is 300. The first-order valence-electron chi connectivity index (χ1n) is 5.25. The molecule has 0 bridgehead atoms. The quantitative estimate of drug-likeness (QED) is 0.245. The van der Waals surface area contributed by atoms with E-state index < -0.39 is 29.7 Å². The van der Waals surface area contributed by atoms with E-state index in [0.717, 1.165) is 0 Å². The summed E-state index contributed by atoms with van der Waals surface area (Å²) in [6.45, 7) is 10.0. The third-order valence-corrected chi connectivity index (χ3v) is 0.946. The third kappa shape index (κ3) is 33.1. The molecule has 0 unspecified atom stereocenters. The molecule has 0 fully saturated rings. The molecule has 0 rings (SSSR count). The van der Waals surface area contributed by atoms with Crippen LogP contribution in [-0.2, 0) is 14.2 Å². The third-order valence-electron chi connectivity index (χ3n) is 0.946. The maximum absolute atomic E-state index is 11.0. The minimum Gasteiger partial charge on any atom is -0.652 e. The molecule has 0 N–H and O–H groups in total. The summed E-state index contributed by atoms with van der Waals surface area (Å²) in [6, 6.07) is 0. The van der Waals surface area contributed by atoms with Gasteiger partial charge in [-0.3, -0.25) is 0 Å². The second-order valence-electron chi connectivity index (χ2n) is 5.28. The van der Waals surface area contributed by atoms with Crippen molar-refractivity contribution >= 4 is 18.5 Å². The Morgan fingerprint density at radius 1 is 0.714 bits per heavy atom. The molecule has 21 heavy (non-hydrogen) atoms. The predicted molar refractivity (Wildman–Crippen MR) is 58.9 cm³/mol. The Kier molecular flexibility index (Phi) is 17.4. The minimum absolute atomic E-state index is 0. The van der Waals surface area contributed by atoms with E-state index in [0.29, 0.717) is 0 Å². The van der Waals surface area contributed by atoms with Gasteiger partial charge < -0.3 is 29.2 Å². The number of carboxylic acid groups (broad SMARTS) is 2. The van der Waals surface area contributed by atoms with Crippen LogP contribution in [0, 0.1) is 0 Å². The number of carbonyl (C=O) groups excluding carboxylic acids is 3. The van der Waals surface area contributed by atoms with Crippen LogP contribution in [0.25, 0.3) is 0 Å². The van der Waals surface area contributed by atoms with Gasteiger partial charge in [0.25, 0.3) is 0 Å². The number of rotatable bonds is 0. The first-order valence-corrected chi connectivity index (χ1v) is 5.25. The molecule has 0 radical (unpaired) electrons. The molecule has 0 spiro atoms. The van der Waals surface area contributed by atoms with Gasteiger partial charge in [0.05, 0.1) is 0 Å². The van der Waals surface area contributed by atoms with Crippen LogP contribution < -0.4 is 69.3 Å². The van der Waals surface area contributed by atoms with Crippen LogP contribution in [0.15, 0.2) is 0 Å². The molecular formula is C11H18Na2O8. The van der Waals surface area contributed by atoms with Gasteiger partial charge in [-0.25, -0.2) is 9.59 Å². The summed E-state index contributed by atoms with van der Waals surface area (Å²) in [5.74, 6) is 0. The van der Waals surface area contributed by atoms with Crippen molar-refractivity contribution < 1.29 is 97.9 Å². The zero-order valence-electron chi connectivity index (χ0n) is 13.8. The SMILES string of the molecule is CC(C)(C)OC(=O)OC(=O)OC(C)(C)C.O=C([O-])[O-].[Na+].[Na+]. The monoisotopic (exact) mass is 324 g/mol. The van der Waals surface area contributed by atoms with E-state index in [-0.39, 0.29) is 59.1 Å². The van der Waals surface area contributed by atoms with Gasteiger partial charge >= 0.3 is 71.4 Å². The zero-order valence-corrected chi connectivity index (χ0v) is 17.8. The van der Waals surface area contributed by atoms with Crippen molar-refractivity contribution in [3.05, 3.63) is 0 Å². The normalized spacial score (nSPS) is 9.62. The van der Waals surface area contributed by atoms with Crippen LogP contribution in [0.1, 0.15) is 41.5 Å². The molecule has 0 aromatic rings. The summed E-state index contributed by atoms with van der Waals surface area (Å²) in [5.41, 5.74) is -1.39. The molecule has 0 aromatic carbocycles. The molecule has 0 amide bonds. The molecule has 0 aliphatic carbocycles. The summed E-state index contributed by atoms with van der Waals surface area (Å²) < 4.78 is 13.8. The van der Waals surface area contributed by atoms with Crippen molar-refractivity contribution in [2.45, 2.75) is 52.7 Å². The summed E-state index contributed by atoms with van der Waals surface area (Å²) in [4.78, 5) is 30.4. The fourth-order valence-electron chi connectivity index (χ4n) is 0.610. The molecule has 10 heteroatoms. The molecule has 0 aliphatic rings. The van der Waals surface area contributed by atoms with Gasteiger partial charge in [-0.2, -0.15) is 0 Å². The van der Waals surface area contributed by atoms with Crippen LogP contribution in [0.3, 0.4) is 0 Å². The van der Waals surface area contributed by atoms with Gasteiger partial charge in [0.2, 0.25) is 0 Å². The van der Waals surface area contributed by atoms with Crippen LogP contribution >= 0.6 is 0 Å². The minimum atomic E-state index is -2.33. The van der Waals surface area contributed by atoms with Crippen molar-refractivity contribution in [3.8, 4) is 0 Å². The number of ether oxygens (including phenoxy) is 3. The van der Waals surface area contributed by atoms with Gasteiger partial charge in [0, 0.05) is 0 Å². The first kappa shape index (κ1) is 29.1. The number of carbonyl (C=O) groups is 3. The average molecular weight is 324 g/mol. The Morgan fingerprint density at radius 2 is 0.905 bits per heavy atom. The smallest absolute Gasteiger partial charge is 0.652 e. The van der Waals surface area contributed by atoms with Crippen molar-refractivity contribution in [2.24, 2.45) is 0 Å². The molecule has 0 saturated heterocycles. The van der Waals surface area contributed by atoms with E-state index in [1.54, 1.807) is 41.5 Å². The molecule has 112 valence electrons. The maximum Gasteiger partial charge on any atom is 1.00 e. The summed E-state index contributed by atoms with van der Waals surface area (Å²) in [5, 5.41) is 16.7. The second kappa shape index (κ2) is 12.5. The summed E-state index contributed by atoms with van der Waals surface area (Å²) >= 11 is 0. The van der Waals surface area contributed by atoms with E-state index in [4.69, 9.17) is 24.5 Å². The van der Waals surface area contributed by atoms with E-state index >= 15 is 0 Å². The second-order valence-corrected chi connectivity index (χ2v) is 5.28. The summed E-state index contributed by atoms with van der Waals surface area (Å²) in [7, 11) is 0. The van der Waals surface area contributed by atoms with E-state index in [2.05, 4.69) is 4.74 Å². The summed E-state index contributed by atoms with van der Waals surface area (Å²) in [6.07, 6.45) is -4.45. The van der Waals surface area contributed by atoms with E-state index in [1.165, 1.54) is 0 Å². The van der Waals surface area contributed by atoms with Gasteiger partial charge in [-0.1, -0.05) is 0 Å². The molecule has 0 aliphatic heterocycles. The molecule has 8 nitrogen and oxygen atoms in total. The van der Waals surface area contributed by atoms with Crippen molar-refractivity contribution in [1.29, 1.82) is 0 Å². The van der Waals surface area contributed by atoms with Crippen molar-refractivity contribution in [3.63, 3.8) is 0 Å². The molecular weight excluding hydrogens is 306 g/mol. The molecule has 0 aromatic heterocycles. The Hall–Kier alpha value is 0.0100. The maximum atomic E-state index is 11.0. The fraction of sp³-hybridized carbons (Fsp3) is 0.727. The standard InChI is InChI=1S/C10H18O5.CH2O3.2Na/c1-9(2,3)14-7(11)13-8(12)15-10(4,5)6;2-1(3)4;;/h1-6H3;(H2,2,3,4);;/q;;2*+1/p-2. The predicted octanol–water partition coefficient (Wildman–Crippen LogP) is -5.57. The molecule has 0 saturated carbocycles. The largest absolute Gasteiger partial charge is 1.00 e. The first-order chi connectivity index (χ1) is 8.23. The van der Waals surface area contributed by atoms with Crippen LogP contribution in [-0.4, -0.2) is 29.7 Å².